The van der Waals surface area contributed by atoms with Crippen LogP contribution in [0.1, 0.15) is 38.8 Å². The summed E-state index contributed by atoms with van der Waals surface area (Å²) in [5, 5.41) is 30.6. The second-order valence-electron chi connectivity index (χ2n) is 10.4. The van der Waals surface area contributed by atoms with E-state index in [4.69, 9.17) is 78.9 Å². The number of nitrogens with two attached hydrogens (primary N) is 1. The third-order valence-corrected chi connectivity index (χ3v) is 10.9. The fourth-order valence-corrected chi connectivity index (χ4v) is 8.03. The molecule has 0 radical (unpaired) electrons. The van der Waals surface area contributed by atoms with Gasteiger partial charge in [0.15, 0.2) is 0 Å². The topological polar surface area (TPSA) is 182 Å². The van der Waals surface area contributed by atoms with E-state index in [1.807, 2.05) is 0 Å². The minimum Gasteiger partial charge on any atom is -0.386 e. The molecule has 1 atom stereocenters. The number of hydrogen-bond donors (Lipinski definition) is 2. The predicted octanol–water partition coefficient (Wildman–Crippen LogP) is 8.87. The SMILES string of the molecule is CC(C)(O)c1ccc([N+](=O)[O-])cc1.CC(C)(OP(N)(=O)N(CCCl)CCCl)c1ccc([N+](=O)[O-])cc1.O=P(Cl)(Cl)N(CCCl)CCCl. The van der Waals surface area contributed by atoms with E-state index in [-0.39, 0.29) is 36.2 Å². The van der Waals surface area contributed by atoms with E-state index in [2.05, 4.69) is 0 Å². The van der Waals surface area contributed by atoms with Crippen LogP contribution in [-0.4, -0.2) is 74.0 Å². The van der Waals surface area contributed by atoms with Crippen molar-refractivity contribution in [1.29, 1.82) is 0 Å². The molecule has 268 valence electrons. The molecule has 0 saturated carbocycles. The quantitative estimate of drug-likeness (QED) is 0.0714. The van der Waals surface area contributed by atoms with Crippen molar-refractivity contribution in [3.63, 3.8) is 0 Å². The molecule has 2 rings (SSSR count). The van der Waals surface area contributed by atoms with Crippen molar-refractivity contribution in [3.05, 3.63) is 79.9 Å². The molecule has 0 aliphatic heterocycles. The minimum atomic E-state index is -3.62. The molecule has 0 saturated heterocycles. The predicted molar refractivity (Wildman–Crippen MR) is 193 cm³/mol. The van der Waals surface area contributed by atoms with Gasteiger partial charge in [-0.15, -0.1) is 46.4 Å². The van der Waals surface area contributed by atoms with Crippen molar-refractivity contribution in [2.45, 2.75) is 38.9 Å². The molecule has 2 aromatic carbocycles. The van der Waals surface area contributed by atoms with Gasteiger partial charge >= 0.3 is 13.7 Å². The normalized spacial score (nSPS) is 13.2. The zero-order chi connectivity index (χ0) is 36.6. The lowest BCUT2D eigenvalue weighted by Gasteiger charge is -2.34. The third-order valence-electron chi connectivity index (χ3n) is 6.01. The minimum absolute atomic E-state index is 0.0352. The fraction of sp³-hybridized carbons (Fsp3) is 0.538. The zero-order valence-electron chi connectivity index (χ0n) is 26.1. The smallest absolute Gasteiger partial charge is 0.341 e. The average Bonchev–Trinajstić information content (AvgIpc) is 2.96. The van der Waals surface area contributed by atoms with Crippen molar-refractivity contribution in [2.75, 3.05) is 49.7 Å². The number of non-ortho nitro benzene ring substituents is 2. The first-order chi connectivity index (χ1) is 21.6. The lowest BCUT2D eigenvalue weighted by molar-refractivity contribution is -0.385. The van der Waals surface area contributed by atoms with Crippen LogP contribution < -0.4 is 5.50 Å². The molecular formula is C26H39Cl6N5O8P2. The van der Waals surface area contributed by atoms with Gasteiger partial charge in [-0.1, -0.05) is 0 Å². The average molecular weight is 824 g/mol. The zero-order valence-corrected chi connectivity index (χ0v) is 32.4. The highest BCUT2D eigenvalue weighted by Gasteiger charge is 2.35. The van der Waals surface area contributed by atoms with Crippen LogP contribution in [0.5, 0.6) is 0 Å². The fourth-order valence-electron chi connectivity index (χ4n) is 3.54. The number of nitro benzene ring substituents is 2. The Bertz CT molecular complexity index is 1340. The number of hydrogen-bond acceptors (Lipinski definition) is 8. The molecule has 3 N–H and O–H groups in total. The maximum Gasteiger partial charge on any atom is 0.341 e. The molecular weight excluding hydrogens is 785 g/mol. The summed E-state index contributed by atoms with van der Waals surface area (Å²) in [5.74, 6) is -2.06. The summed E-state index contributed by atoms with van der Waals surface area (Å²) in [4.78, 5) is 20.1. The Morgan fingerprint density at radius 1 is 0.723 bits per heavy atom. The van der Waals surface area contributed by atoms with Crippen LogP contribution in [0, 0.1) is 20.2 Å². The maximum absolute atomic E-state index is 12.7. The number of nitrogens with zero attached hydrogens (tertiary/aromatic N) is 4. The number of benzene rings is 2. The molecule has 0 amide bonds. The molecule has 0 aliphatic rings. The van der Waals surface area contributed by atoms with E-state index in [1.165, 1.54) is 33.6 Å². The Morgan fingerprint density at radius 2 is 1.04 bits per heavy atom. The van der Waals surface area contributed by atoms with Crippen LogP contribution in [0.2, 0.25) is 0 Å². The molecule has 0 aromatic heterocycles. The van der Waals surface area contributed by atoms with E-state index >= 15 is 0 Å². The number of nitro groups is 2. The molecule has 0 bridgehead atoms. The van der Waals surface area contributed by atoms with Crippen molar-refractivity contribution in [3.8, 4) is 0 Å². The van der Waals surface area contributed by atoms with Gasteiger partial charge in [0.25, 0.3) is 11.4 Å². The van der Waals surface area contributed by atoms with Gasteiger partial charge in [0.2, 0.25) is 0 Å². The highest BCUT2D eigenvalue weighted by Crippen LogP contribution is 2.59. The monoisotopic (exact) mass is 821 g/mol. The number of rotatable bonds is 16. The molecule has 0 spiro atoms. The number of alkyl halides is 4. The molecule has 0 fully saturated rings. The first kappa shape index (κ1) is 46.2. The van der Waals surface area contributed by atoms with E-state index in [0.29, 0.717) is 36.0 Å². The first-order valence-corrected chi connectivity index (χ1v) is 20.9. The van der Waals surface area contributed by atoms with E-state index < -0.39 is 34.7 Å². The summed E-state index contributed by atoms with van der Waals surface area (Å²) >= 11 is 33.0. The van der Waals surface area contributed by atoms with Crippen molar-refractivity contribution < 1.29 is 28.6 Å². The first-order valence-electron chi connectivity index (χ1n) is 13.6. The highest BCUT2D eigenvalue weighted by molar-refractivity contribution is 8.06. The number of halogens is 6. The van der Waals surface area contributed by atoms with Crippen LogP contribution in [0.4, 0.5) is 11.4 Å². The van der Waals surface area contributed by atoms with Gasteiger partial charge in [0, 0.05) is 74.0 Å². The summed E-state index contributed by atoms with van der Waals surface area (Å²) in [6.07, 6.45) is 0. The second kappa shape index (κ2) is 21.5. The van der Waals surface area contributed by atoms with Crippen molar-refractivity contribution in [1.82, 2.24) is 9.34 Å². The Hall–Kier alpha value is -0.760. The summed E-state index contributed by atoms with van der Waals surface area (Å²) in [6.45, 7) is 7.97. The molecule has 0 aliphatic carbocycles. The second-order valence-corrected chi connectivity index (χ2v) is 18.5. The van der Waals surface area contributed by atoms with Gasteiger partial charge < -0.3 is 5.11 Å². The van der Waals surface area contributed by atoms with Crippen LogP contribution in [-0.2, 0) is 24.9 Å². The Balaban J connectivity index is 0.000000744. The standard InChI is InChI=1S/C13H20Cl2N3O4P.C9H11NO3.C4H8Cl4NOP/c1-13(2,11-3-5-12(6-4-11)18(19)20)22-23(16,21)17(9-7-14)10-8-15;1-9(2,11)7-3-5-8(6-4-7)10(12)13;5-1-3-9(4-2-6)11(7,8)10/h3-6H,7-10H2,1-2H3,(H2,16,21);3-6,11H,1-2H3;1-4H2. The maximum atomic E-state index is 12.7. The van der Waals surface area contributed by atoms with Crippen molar-refractivity contribution >= 4 is 93.9 Å². The van der Waals surface area contributed by atoms with Gasteiger partial charge in [-0.05, 0) is 85.6 Å². The highest BCUT2D eigenvalue weighted by atomic mass is 35.9. The lowest BCUT2D eigenvalue weighted by atomic mass is 9.98. The molecule has 1 unspecified atom stereocenters. The molecule has 0 heterocycles. The van der Waals surface area contributed by atoms with Crippen LogP contribution in [0.25, 0.3) is 0 Å². The van der Waals surface area contributed by atoms with Gasteiger partial charge in [-0.3, -0.25) is 33.9 Å². The summed E-state index contributed by atoms with van der Waals surface area (Å²) in [6, 6.07) is 11.7. The van der Waals surface area contributed by atoms with Crippen LogP contribution in [0.3, 0.4) is 0 Å². The number of aliphatic hydroxyl groups is 1. The Labute approximate surface area is 304 Å². The van der Waals surface area contributed by atoms with E-state index in [1.54, 1.807) is 52.0 Å². The summed E-state index contributed by atoms with van der Waals surface area (Å²) in [7, 11) is -3.62. The summed E-state index contributed by atoms with van der Waals surface area (Å²) in [5.41, 5.74) is 5.20. The summed E-state index contributed by atoms with van der Waals surface area (Å²) < 4.78 is 32.2. The molecule has 21 heteroatoms. The molecule has 13 nitrogen and oxygen atoms in total. The Morgan fingerprint density at radius 3 is 1.32 bits per heavy atom. The van der Waals surface area contributed by atoms with Crippen LogP contribution in [0.15, 0.2) is 48.5 Å². The van der Waals surface area contributed by atoms with Gasteiger partial charge in [-0.25, -0.2) is 14.8 Å². The van der Waals surface area contributed by atoms with Gasteiger partial charge in [0.1, 0.15) is 0 Å². The molecule has 47 heavy (non-hydrogen) atoms. The van der Waals surface area contributed by atoms with Gasteiger partial charge in [-0.2, -0.15) is 0 Å². The largest absolute Gasteiger partial charge is 0.386 e. The third kappa shape index (κ3) is 17.6. The van der Waals surface area contributed by atoms with Crippen molar-refractivity contribution in [2.24, 2.45) is 5.50 Å². The van der Waals surface area contributed by atoms with Crippen LogP contribution >= 0.6 is 82.6 Å². The molecule has 2 aromatic rings. The lowest BCUT2D eigenvalue weighted by Crippen LogP contribution is -2.33. The van der Waals surface area contributed by atoms with E-state index in [9.17, 15) is 34.5 Å². The Kier molecular flexibility index (Phi) is 21.1. The van der Waals surface area contributed by atoms with Gasteiger partial charge in [0.05, 0.1) is 21.0 Å². The van der Waals surface area contributed by atoms with E-state index in [0.717, 1.165) is 0 Å².